The minimum Gasteiger partial charge on any atom is -0.382 e. The van der Waals surface area contributed by atoms with Gasteiger partial charge in [-0.3, -0.25) is 0 Å². The Hall–Kier alpha value is -2.53. The molecule has 5 heteroatoms. The zero-order chi connectivity index (χ0) is 13.9. The molecule has 0 aliphatic heterocycles. The lowest BCUT2D eigenvalue weighted by atomic mass is 10.1. The van der Waals surface area contributed by atoms with Crippen LogP contribution in [-0.4, -0.2) is 20.1 Å². The molecular weight excluding hydrogens is 257 g/mol. The van der Waals surface area contributed by atoms with E-state index in [1.165, 1.54) is 23.1 Å². The molecule has 0 saturated carbocycles. The van der Waals surface area contributed by atoms with Crippen molar-refractivity contribution in [1.82, 2.24) is 15.0 Å². The van der Waals surface area contributed by atoms with E-state index < -0.39 is 11.9 Å². The Morgan fingerprint density at radius 1 is 1.00 bits per heavy atom. The normalized spacial score (nSPS) is 12.3. The van der Waals surface area contributed by atoms with Crippen LogP contribution in [0.5, 0.6) is 0 Å². The van der Waals surface area contributed by atoms with Crippen LogP contribution in [0, 0.1) is 5.82 Å². The molecule has 1 heterocycles. The van der Waals surface area contributed by atoms with E-state index in [-0.39, 0.29) is 5.56 Å². The minimum absolute atomic E-state index is 0.188. The predicted molar refractivity (Wildman–Crippen MR) is 71.8 cm³/mol. The van der Waals surface area contributed by atoms with Gasteiger partial charge in [0.05, 0.1) is 11.9 Å². The van der Waals surface area contributed by atoms with Gasteiger partial charge in [-0.1, -0.05) is 36.4 Å². The van der Waals surface area contributed by atoms with Gasteiger partial charge in [-0.2, -0.15) is 15.0 Å². The van der Waals surface area contributed by atoms with E-state index in [1.54, 1.807) is 12.1 Å². The van der Waals surface area contributed by atoms with Crippen LogP contribution in [0.2, 0.25) is 0 Å². The highest BCUT2D eigenvalue weighted by Gasteiger charge is 2.18. The second kappa shape index (κ2) is 5.22. The van der Waals surface area contributed by atoms with Crippen LogP contribution in [0.15, 0.2) is 60.8 Å². The van der Waals surface area contributed by atoms with Crippen molar-refractivity contribution in [2.75, 3.05) is 0 Å². The number of nitrogens with zero attached hydrogens (tertiary/aromatic N) is 3. The van der Waals surface area contributed by atoms with Gasteiger partial charge in [0.2, 0.25) is 0 Å². The zero-order valence-electron chi connectivity index (χ0n) is 10.5. The fourth-order valence-corrected chi connectivity index (χ4v) is 1.94. The number of aliphatic hydroxyl groups excluding tert-OH is 1. The first-order valence-electron chi connectivity index (χ1n) is 6.16. The third-order valence-corrected chi connectivity index (χ3v) is 2.98. The van der Waals surface area contributed by atoms with Gasteiger partial charge in [0.25, 0.3) is 0 Å². The summed E-state index contributed by atoms with van der Waals surface area (Å²) in [7, 11) is 0. The highest BCUT2D eigenvalue weighted by atomic mass is 19.1. The van der Waals surface area contributed by atoms with Gasteiger partial charge in [0.15, 0.2) is 0 Å². The van der Waals surface area contributed by atoms with Gasteiger partial charge in [0, 0.05) is 5.56 Å². The van der Waals surface area contributed by atoms with E-state index in [4.69, 9.17) is 0 Å². The Morgan fingerprint density at radius 2 is 1.70 bits per heavy atom. The van der Waals surface area contributed by atoms with Crippen molar-refractivity contribution >= 4 is 0 Å². The third kappa shape index (κ3) is 2.31. The maximum atomic E-state index is 13.6. The molecule has 3 aromatic rings. The smallest absolute Gasteiger partial charge is 0.129 e. The molecule has 20 heavy (non-hydrogen) atoms. The summed E-state index contributed by atoms with van der Waals surface area (Å²) >= 11 is 0. The zero-order valence-corrected chi connectivity index (χ0v) is 10.5. The molecule has 0 spiro atoms. The van der Waals surface area contributed by atoms with Crippen molar-refractivity contribution < 1.29 is 9.50 Å². The quantitative estimate of drug-likeness (QED) is 0.794. The summed E-state index contributed by atoms with van der Waals surface area (Å²) in [6.07, 6.45) is 0.304. The van der Waals surface area contributed by atoms with Crippen LogP contribution in [0.25, 0.3) is 5.69 Å². The SMILES string of the molecule is OC(c1cnn(-c2ccccc2)n1)c1ccccc1F. The van der Waals surface area contributed by atoms with Crippen LogP contribution >= 0.6 is 0 Å². The molecule has 1 atom stereocenters. The minimum atomic E-state index is -1.13. The summed E-state index contributed by atoms with van der Waals surface area (Å²) < 4.78 is 13.6. The van der Waals surface area contributed by atoms with Gasteiger partial charge in [0.1, 0.15) is 17.6 Å². The highest BCUT2D eigenvalue weighted by Crippen LogP contribution is 2.22. The molecule has 0 aliphatic carbocycles. The molecule has 2 aromatic carbocycles. The van der Waals surface area contributed by atoms with E-state index >= 15 is 0 Å². The molecule has 3 rings (SSSR count). The van der Waals surface area contributed by atoms with Crippen molar-refractivity contribution in [3.05, 3.63) is 77.9 Å². The molecule has 0 radical (unpaired) electrons. The van der Waals surface area contributed by atoms with Crippen molar-refractivity contribution in [1.29, 1.82) is 0 Å². The average Bonchev–Trinajstić information content (AvgIpc) is 2.98. The Bertz CT molecular complexity index is 712. The number of rotatable bonds is 3. The molecule has 0 bridgehead atoms. The van der Waals surface area contributed by atoms with Gasteiger partial charge < -0.3 is 5.11 Å². The third-order valence-electron chi connectivity index (χ3n) is 2.98. The monoisotopic (exact) mass is 269 g/mol. The molecule has 0 fully saturated rings. The second-order valence-electron chi connectivity index (χ2n) is 4.32. The van der Waals surface area contributed by atoms with Crippen molar-refractivity contribution in [3.63, 3.8) is 0 Å². The lowest BCUT2D eigenvalue weighted by molar-refractivity contribution is 0.209. The first-order chi connectivity index (χ1) is 9.75. The molecule has 4 nitrogen and oxygen atoms in total. The van der Waals surface area contributed by atoms with Crippen molar-refractivity contribution in [2.24, 2.45) is 0 Å². The molecule has 1 unspecified atom stereocenters. The molecular formula is C15H12FN3O. The van der Waals surface area contributed by atoms with Crippen LogP contribution in [-0.2, 0) is 0 Å². The molecule has 0 aliphatic rings. The van der Waals surface area contributed by atoms with Gasteiger partial charge >= 0.3 is 0 Å². The second-order valence-corrected chi connectivity index (χ2v) is 4.32. The fourth-order valence-electron chi connectivity index (χ4n) is 1.94. The van der Waals surface area contributed by atoms with Crippen molar-refractivity contribution in [2.45, 2.75) is 6.10 Å². The average molecular weight is 269 g/mol. The van der Waals surface area contributed by atoms with Crippen LogP contribution < -0.4 is 0 Å². The Kier molecular flexibility index (Phi) is 3.26. The first kappa shape index (κ1) is 12.5. The van der Waals surface area contributed by atoms with Crippen molar-refractivity contribution in [3.8, 4) is 5.69 Å². The molecule has 100 valence electrons. The number of aromatic nitrogens is 3. The fraction of sp³-hybridized carbons (Fsp3) is 0.0667. The topological polar surface area (TPSA) is 50.9 Å². The van der Waals surface area contributed by atoms with Gasteiger partial charge in [-0.25, -0.2) is 4.39 Å². The molecule has 1 aromatic heterocycles. The maximum absolute atomic E-state index is 13.6. The predicted octanol–water partition coefficient (Wildman–Crippen LogP) is 2.49. The highest BCUT2D eigenvalue weighted by molar-refractivity contribution is 5.30. The number of para-hydroxylation sites is 1. The summed E-state index contributed by atoms with van der Waals surface area (Å²) in [5.41, 5.74) is 1.27. The summed E-state index contributed by atoms with van der Waals surface area (Å²) in [5, 5.41) is 18.4. The molecule has 1 N–H and O–H groups in total. The van der Waals surface area contributed by atoms with E-state index in [2.05, 4.69) is 10.2 Å². The maximum Gasteiger partial charge on any atom is 0.129 e. The van der Waals surface area contributed by atoms with Crippen LogP contribution in [0.4, 0.5) is 4.39 Å². The summed E-state index contributed by atoms with van der Waals surface area (Å²) in [6.45, 7) is 0. The number of aliphatic hydroxyl groups is 1. The lowest BCUT2D eigenvalue weighted by Crippen LogP contribution is -2.05. The summed E-state index contributed by atoms with van der Waals surface area (Å²) in [4.78, 5) is 1.40. The number of hydrogen-bond acceptors (Lipinski definition) is 3. The molecule has 0 amide bonds. The molecule has 0 saturated heterocycles. The Morgan fingerprint density at radius 3 is 2.45 bits per heavy atom. The number of benzene rings is 2. The Balaban J connectivity index is 1.93. The number of hydrogen-bond donors (Lipinski definition) is 1. The van der Waals surface area contributed by atoms with E-state index in [0.29, 0.717) is 5.69 Å². The summed E-state index contributed by atoms with van der Waals surface area (Å²) in [6, 6.07) is 15.4. The largest absolute Gasteiger partial charge is 0.382 e. The van der Waals surface area contributed by atoms with Crippen LogP contribution in [0.3, 0.4) is 0 Å². The van der Waals surface area contributed by atoms with E-state index in [1.807, 2.05) is 30.3 Å². The summed E-state index contributed by atoms with van der Waals surface area (Å²) in [5.74, 6) is -0.464. The van der Waals surface area contributed by atoms with E-state index in [9.17, 15) is 9.50 Å². The Labute approximate surface area is 115 Å². The number of halogens is 1. The van der Waals surface area contributed by atoms with E-state index in [0.717, 1.165) is 5.69 Å². The van der Waals surface area contributed by atoms with Gasteiger partial charge in [-0.15, -0.1) is 0 Å². The van der Waals surface area contributed by atoms with Gasteiger partial charge in [-0.05, 0) is 18.2 Å². The first-order valence-corrected chi connectivity index (χ1v) is 6.16. The van der Waals surface area contributed by atoms with Crippen LogP contribution in [0.1, 0.15) is 17.4 Å². The lowest BCUT2D eigenvalue weighted by Gasteiger charge is -2.08. The standard InChI is InChI=1S/C15H12FN3O/c16-13-9-5-4-8-12(13)15(20)14-10-17-19(18-14)11-6-2-1-3-7-11/h1-10,15,20H.